The maximum atomic E-state index is 2.37. The molecule has 0 aliphatic carbocycles. The van der Waals surface area contributed by atoms with Crippen molar-refractivity contribution in [3.05, 3.63) is 59.7 Å². The highest BCUT2D eigenvalue weighted by Crippen LogP contribution is 2.36. The van der Waals surface area contributed by atoms with Crippen LogP contribution in [0.5, 0.6) is 0 Å². The lowest BCUT2D eigenvalue weighted by Gasteiger charge is -2.27. The zero-order valence-electron chi connectivity index (χ0n) is 13.6. The highest BCUT2D eigenvalue weighted by atomic mass is 14.3. The molecule has 20 heavy (non-hydrogen) atoms. The summed E-state index contributed by atoms with van der Waals surface area (Å²) in [6.45, 7) is 13.7. The van der Waals surface area contributed by atoms with Crippen LogP contribution in [0.1, 0.15) is 52.7 Å². The Hall–Kier alpha value is -1.56. The second-order valence-corrected chi connectivity index (χ2v) is 7.63. The molecule has 2 aromatic rings. The van der Waals surface area contributed by atoms with Gasteiger partial charge in [0.25, 0.3) is 0 Å². The van der Waals surface area contributed by atoms with Gasteiger partial charge in [0.1, 0.15) is 0 Å². The van der Waals surface area contributed by atoms with Crippen molar-refractivity contribution in [1.29, 1.82) is 0 Å². The van der Waals surface area contributed by atoms with Crippen LogP contribution in [0.4, 0.5) is 0 Å². The predicted octanol–water partition coefficient (Wildman–Crippen LogP) is 5.95. The van der Waals surface area contributed by atoms with E-state index in [2.05, 4.69) is 90.1 Å². The van der Waals surface area contributed by atoms with Crippen LogP contribution < -0.4 is 0 Å². The van der Waals surface area contributed by atoms with Gasteiger partial charge in [0.15, 0.2) is 0 Å². The first-order valence-corrected chi connectivity index (χ1v) is 7.40. The molecule has 0 bridgehead atoms. The van der Waals surface area contributed by atoms with Crippen LogP contribution in [0, 0.1) is 0 Å². The maximum absolute atomic E-state index is 2.37. The molecule has 0 saturated carbocycles. The Kier molecular flexibility index (Phi) is 3.77. The Bertz CT molecular complexity index is 578. The number of rotatable bonds is 1. The van der Waals surface area contributed by atoms with Gasteiger partial charge in [0.2, 0.25) is 0 Å². The van der Waals surface area contributed by atoms with Crippen LogP contribution in [0.15, 0.2) is 48.5 Å². The summed E-state index contributed by atoms with van der Waals surface area (Å²) in [6, 6.07) is 17.7. The van der Waals surface area contributed by atoms with E-state index in [9.17, 15) is 0 Å². The molecule has 106 valence electrons. The van der Waals surface area contributed by atoms with Gasteiger partial charge in [0.05, 0.1) is 0 Å². The Labute approximate surface area is 123 Å². The van der Waals surface area contributed by atoms with Crippen molar-refractivity contribution in [3.63, 3.8) is 0 Å². The number of hydrogen-bond acceptors (Lipinski definition) is 0. The third-order valence-corrected chi connectivity index (χ3v) is 3.78. The molecule has 0 unspecified atom stereocenters. The van der Waals surface area contributed by atoms with Crippen molar-refractivity contribution < 1.29 is 0 Å². The minimum atomic E-state index is 0.154. The van der Waals surface area contributed by atoms with Crippen LogP contribution in [0.3, 0.4) is 0 Å². The molecule has 2 aromatic carbocycles. The lowest BCUT2D eigenvalue weighted by atomic mass is 9.78. The Morgan fingerprint density at radius 3 is 1.75 bits per heavy atom. The minimum Gasteiger partial charge on any atom is -0.0622 e. The third kappa shape index (κ3) is 3.12. The third-order valence-electron chi connectivity index (χ3n) is 3.78. The minimum absolute atomic E-state index is 0.154. The second kappa shape index (κ2) is 5.09. The van der Waals surface area contributed by atoms with Crippen molar-refractivity contribution in [2.45, 2.75) is 52.4 Å². The first-order chi connectivity index (χ1) is 9.19. The van der Waals surface area contributed by atoms with E-state index in [1.807, 2.05) is 0 Å². The quantitative estimate of drug-likeness (QED) is 0.598. The highest BCUT2D eigenvalue weighted by molar-refractivity contribution is 5.70. The summed E-state index contributed by atoms with van der Waals surface area (Å²) in [4.78, 5) is 0. The van der Waals surface area contributed by atoms with Crippen LogP contribution in [0.25, 0.3) is 11.1 Å². The first kappa shape index (κ1) is 14.8. The fraction of sp³-hybridized carbons (Fsp3) is 0.400. The molecule has 0 aliphatic heterocycles. The SMILES string of the molecule is CC(C)(C)c1ccc(C(C)(C)C)c(-c2ccccc2)c1. The summed E-state index contributed by atoms with van der Waals surface area (Å²) in [6.07, 6.45) is 0. The van der Waals surface area contributed by atoms with Crippen LogP contribution >= 0.6 is 0 Å². The van der Waals surface area contributed by atoms with Gasteiger partial charge in [0, 0.05) is 0 Å². The molecule has 0 atom stereocenters. The van der Waals surface area contributed by atoms with Gasteiger partial charge in [-0.05, 0) is 33.1 Å². The molecule has 0 fully saturated rings. The van der Waals surface area contributed by atoms with Gasteiger partial charge in [-0.2, -0.15) is 0 Å². The molecule has 0 N–H and O–H groups in total. The summed E-state index contributed by atoms with van der Waals surface area (Å²) in [5.41, 5.74) is 5.82. The van der Waals surface area contributed by atoms with E-state index in [4.69, 9.17) is 0 Å². The normalized spacial score (nSPS) is 12.5. The van der Waals surface area contributed by atoms with Gasteiger partial charge in [-0.15, -0.1) is 0 Å². The molecule has 0 nitrogen and oxygen atoms in total. The zero-order chi connectivity index (χ0) is 15.0. The van der Waals surface area contributed by atoms with E-state index in [1.165, 1.54) is 22.3 Å². The molecule has 0 spiro atoms. The largest absolute Gasteiger partial charge is 0.0622 e. The Morgan fingerprint density at radius 1 is 0.650 bits per heavy atom. The molecular weight excluding hydrogens is 240 g/mol. The van der Waals surface area contributed by atoms with Crippen LogP contribution in [-0.4, -0.2) is 0 Å². The van der Waals surface area contributed by atoms with Crippen molar-refractivity contribution in [3.8, 4) is 11.1 Å². The molecular formula is C20H26. The van der Waals surface area contributed by atoms with E-state index < -0.39 is 0 Å². The predicted molar refractivity (Wildman–Crippen MR) is 89.3 cm³/mol. The number of benzene rings is 2. The molecule has 0 heteroatoms. The van der Waals surface area contributed by atoms with E-state index >= 15 is 0 Å². The maximum Gasteiger partial charge on any atom is -0.0126 e. The van der Waals surface area contributed by atoms with Crippen molar-refractivity contribution in [2.24, 2.45) is 0 Å². The van der Waals surface area contributed by atoms with Gasteiger partial charge >= 0.3 is 0 Å². The zero-order valence-corrected chi connectivity index (χ0v) is 13.6. The Morgan fingerprint density at radius 2 is 1.25 bits per heavy atom. The molecule has 0 radical (unpaired) electrons. The molecule has 0 heterocycles. The summed E-state index contributed by atoms with van der Waals surface area (Å²) in [5.74, 6) is 0. The van der Waals surface area contributed by atoms with E-state index in [0.29, 0.717) is 0 Å². The average molecular weight is 266 g/mol. The first-order valence-electron chi connectivity index (χ1n) is 7.40. The fourth-order valence-corrected chi connectivity index (χ4v) is 2.52. The topological polar surface area (TPSA) is 0 Å². The molecule has 2 rings (SSSR count). The molecule has 0 saturated heterocycles. The summed E-state index contributed by atoms with van der Waals surface area (Å²) >= 11 is 0. The summed E-state index contributed by atoms with van der Waals surface area (Å²) in [5, 5.41) is 0. The van der Waals surface area contributed by atoms with Crippen molar-refractivity contribution in [2.75, 3.05) is 0 Å². The van der Waals surface area contributed by atoms with Gasteiger partial charge in [-0.3, -0.25) is 0 Å². The molecule has 0 aliphatic rings. The van der Waals surface area contributed by atoms with Gasteiger partial charge in [-0.25, -0.2) is 0 Å². The molecule has 0 amide bonds. The van der Waals surface area contributed by atoms with E-state index in [0.717, 1.165) is 0 Å². The lowest BCUT2D eigenvalue weighted by Crippen LogP contribution is -2.16. The van der Waals surface area contributed by atoms with Crippen molar-refractivity contribution >= 4 is 0 Å². The summed E-state index contributed by atoms with van der Waals surface area (Å²) < 4.78 is 0. The standard InChI is InChI=1S/C20H26/c1-19(2,3)16-12-13-18(20(4,5)6)17(14-16)15-10-8-7-9-11-15/h7-14H,1-6H3. The summed E-state index contributed by atoms with van der Waals surface area (Å²) in [7, 11) is 0. The number of hydrogen-bond donors (Lipinski definition) is 0. The lowest BCUT2D eigenvalue weighted by molar-refractivity contribution is 0.578. The van der Waals surface area contributed by atoms with E-state index in [1.54, 1.807) is 0 Å². The van der Waals surface area contributed by atoms with Crippen LogP contribution in [-0.2, 0) is 10.8 Å². The fourth-order valence-electron chi connectivity index (χ4n) is 2.52. The second-order valence-electron chi connectivity index (χ2n) is 7.63. The van der Waals surface area contributed by atoms with E-state index in [-0.39, 0.29) is 10.8 Å². The average Bonchev–Trinajstić information content (AvgIpc) is 2.37. The van der Waals surface area contributed by atoms with Crippen molar-refractivity contribution in [1.82, 2.24) is 0 Å². The van der Waals surface area contributed by atoms with Gasteiger partial charge in [-0.1, -0.05) is 90.1 Å². The van der Waals surface area contributed by atoms with Gasteiger partial charge < -0.3 is 0 Å². The van der Waals surface area contributed by atoms with Crippen LogP contribution in [0.2, 0.25) is 0 Å². The monoisotopic (exact) mass is 266 g/mol. The smallest absolute Gasteiger partial charge is 0.0126 e. The highest BCUT2D eigenvalue weighted by Gasteiger charge is 2.21. The Balaban J connectivity index is 2.67. The molecule has 0 aromatic heterocycles.